The van der Waals surface area contributed by atoms with Crippen LogP contribution >= 0.6 is 0 Å². The van der Waals surface area contributed by atoms with Gasteiger partial charge in [0, 0.05) is 38.5 Å². The normalized spacial score (nSPS) is 23.1. The summed E-state index contributed by atoms with van der Waals surface area (Å²) in [6.45, 7) is 1.77. The molecule has 3 aliphatic heterocycles. The highest BCUT2D eigenvalue weighted by atomic mass is 19.4. The molecule has 1 unspecified atom stereocenters. The fraction of sp³-hybridized carbons (Fsp3) is 0.324. The first-order chi connectivity index (χ1) is 21.2. The Labute approximate surface area is 257 Å². The third kappa shape index (κ3) is 6.04. The highest BCUT2D eigenvalue weighted by molar-refractivity contribution is 5.79. The van der Waals surface area contributed by atoms with Crippen LogP contribution < -0.4 is 0 Å². The molecule has 0 saturated carbocycles. The van der Waals surface area contributed by atoms with Crippen molar-refractivity contribution in [3.8, 4) is 11.1 Å². The second kappa shape index (κ2) is 12.6. The van der Waals surface area contributed by atoms with Gasteiger partial charge in [0.1, 0.15) is 0 Å². The number of nitrogens with zero attached hydrogens (tertiary/aromatic N) is 2. The maximum Gasteiger partial charge on any atom is 0.416 e. The van der Waals surface area contributed by atoms with E-state index < -0.39 is 11.7 Å². The van der Waals surface area contributed by atoms with Gasteiger partial charge in [0.05, 0.1) is 24.2 Å². The van der Waals surface area contributed by atoms with Crippen molar-refractivity contribution < 1.29 is 22.7 Å². The van der Waals surface area contributed by atoms with E-state index in [9.17, 15) is 18.0 Å². The second-order valence-corrected chi connectivity index (χ2v) is 12.1. The molecule has 7 rings (SSSR count). The van der Waals surface area contributed by atoms with E-state index in [-0.39, 0.29) is 42.4 Å². The average molecular weight is 599 g/mol. The van der Waals surface area contributed by atoms with E-state index in [1.54, 1.807) is 25.1 Å². The zero-order valence-corrected chi connectivity index (χ0v) is 25.0. The number of piperidine rings is 3. The molecule has 4 nitrogen and oxygen atoms in total. The minimum absolute atomic E-state index is 0.00976. The number of fused-ring (bicyclic) bond motifs is 3. The molecule has 0 N–H and O–H groups in total. The molecule has 3 heterocycles. The zero-order chi connectivity index (χ0) is 30.8. The second-order valence-electron chi connectivity index (χ2n) is 12.1. The van der Waals surface area contributed by atoms with Crippen molar-refractivity contribution in [3.63, 3.8) is 0 Å². The highest BCUT2D eigenvalue weighted by Crippen LogP contribution is 2.46. The molecule has 5 atom stereocenters. The Bertz CT molecular complexity index is 1540. The van der Waals surface area contributed by atoms with Crippen LogP contribution in [0.15, 0.2) is 109 Å². The van der Waals surface area contributed by atoms with E-state index in [1.807, 2.05) is 36.4 Å². The number of rotatable bonds is 8. The quantitative estimate of drug-likeness (QED) is 0.211. The van der Waals surface area contributed by atoms with E-state index in [0.29, 0.717) is 17.7 Å². The molecule has 0 spiro atoms. The van der Waals surface area contributed by atoms with Crippen molar-refractivity contribution in [1.82, 2.24) is 9.80 Å². The molecule has 4 aromatic carbocycles. The molecule has 3 saturated heterocycles. The van der Waals surface area contributed by atoms with Gasteiger partial charge in [0.15, 0.2) is 0 Å². The molecule has 7 heteroatoms. The number of benzene rings is 4. The van der Waals surface area contributed by atoms with E-state index in [2.05, 4.69) is 53.4 Å². The maximum absolute atomic E-state index is 13.6. The highest BCUT2D eigenvalue weighted by Gasteiger charge is 2.53. The standard InChI is InChI=1S/C37H37F3N2O2/c1-41(2)36(43)32-23-42-21-20-31(32)35(34(42)33(25-12-5-3-6-13-25)26-14-7-4-8-15-26)44-24-28-16-9-10-19-30(28)27-17-11-18-29(22-27)37(38,39)40/h3-19,22,31-35H,20-21,23-24H2,1-2H3/t31-,32-,34+,35+/m1/s1. The fourth-order valence-electron chi connectivity index (χ4n) is 7.22. The number of hydrogen-bond acceptors (Lipinski definition) is 3. The number of carbonyl (C=O) groups excluding carboxylic acids is 1. The Kier molecular flexibility index (Phi) is 8.61. The third-order valence-corrected chi connectivity index (χ3v) is 9.24. The van der Waals surface area contributed by atoms with Crippen molar-refractivity contribution in [3.05, 3.63) is 131 Å². The van der Waals surface area contributed by atoms with E-state index in [4.69, 9.17) is 4.74 Å². The van der Waals surface area contributed by atoms with Crippen LogP contribution in [0.1, 0.15) is 34.6 Å². The van der Waals surface area contributed by atoms with E-state index >= 15 is 0 Å². The largest absolute Gasteiger partial charge is 0.416 e. The lowest BCUT2D eigenvalue weighted by Gasteiger charge is -2.56. The summed E-state index contributed by atoms with van der Waals surface area (Å²) in [6, 6.07) is 33.8. The van der Waals surface area contributed by atoms with E-state index in [0.717, 1.165) is 24.6 Å². The number of hydrogen-bond donors (Lipinski definition) is 0. The lowest BCUT2D eigenvalue weighted by atomic mass is 9.67. The third-order valence-electron chi connectivity index (χ3n) is 9.24. The Morgan fingerprint density at radius 1 is 0.886 bits per heavy atom. The molecule has 0 radical (unpaired) electrons. The smallest absolute Gasteiger partial charge is 0.372 e. The molecule has 2 bridgehead atoms. The number of halogens is 3. The molecule has 4 aromatic rings. The Morgan fingerprint density at radius 3 is 2.16 bits per heavy atom. The van der Waals surface area contributed by atoms with Crippen LogP contribution in [0.2, 0.25) is 0 Å². The van der Waals surface area contributed by atoms with Crippen LogP contribution in [0.25, 0.3) is 11.1 Å². The van der Waals surface area contributed by atoms with Crippen LogP contribution in [-0.4, -0.2) is 55.0 Å². The molecular formula is C37H37F3N2O2. The van der Waals surface area contributed by atoms with Gasteiger partial charge in [0.25, 0.3) is 0 Å². The average Bonchev–Trinajstić information content (AvgIpc) is 3.05. The van der Waals surface area contributed by atoms with Gasteiger partial charge in [-0.25, -0.2) is 0 Å². The number of amides is 1. The van der Waals surface area contributed by atoms with Crippen LogP contribution in [-0.2, 0) is 22.3 Å². The van der Waals surface area contributed by atoms with Gasteiger partial charge < -0.3 is 9.64 Å². The van der Waals surface area contributed by atoms with Crippen LogP contribution in [0.5, 0.6) is 0 Å². The summed E-state index contributed by atoms with van der Waals surface area (Å²) < 4.78 is 47.6. The van der Waals surface area contributed by atoms with Gasteiger partial charge in [-0.1, -0.05) is 97.1 Å². The van der Waals surface area contributed by atoms with Crippen molar-refractivity contribution in [2.75, 3.05) is 27.2 Å². The Hall–Kier alpha value is -3.94. The fourth-order valence-corrected chi connectivity index (χ4v) is 7.22. The first-order valence-corrected chi connectivity index (χ1v) is 15.1. The van der Waals surface area contributed by atoms with Crippen LogP contribution in [0.3, 0.4) is 0 Å². The maximum atomic E-state index is 13.6. The van der Waals surface area contributed by atoms with Crippen LogP contribution in [0, 0.1) is 11.8 Å². The minimum Gasteiger partial charge on any atom is -0.372 e. The van der Waals surface area contributed by atoms with Gasteiger partial charge in [-0.05, 0) is 52.9 Å². The molecule has 0 aromatic heterocycles. The predicted octanol–water partition coefficient (Wildman–Crippen LogP) is 7.50. The zero-order valence-electron chi connectivity index (χ0n) is 25.0. The summed E-state index contributed by atoms with van der Waals surface area (Å²) in [7, 11) is 3.60. The van der Waals surface area contributed by atoms with Gasteiger partial charge in [-0.15, -0.1) is 0 Å². The number of alkyl halides is 3. The van der Waals surface area contributed by atoms with E-state index in [1.165, 1.54) is 23.3 Å². The lowest BCUT2D eigenvalue weighted by molar-refractivity contribution is -0.165. The molecule has 3 aliphatic rings. The minimum atomic E-state index is -4.43. The monoisotopic (exact) mass is 598 g/mol. The molecule has 0 aliphatic carbocycles. The SMILES string of the molecule is CN(C)C(=O)[C@@H]1CN2CC[C@H]1[C@H](OCc1ccccc1-c1cccc(C(F)(F)F)c1)[C@@H]2C(c1ccccc1)c1ccccc1. The first-order valence-electron chi connectivity index (χ1n) is 15.1. The molecule has 1 amide bonds. The van der Waals surface area contributed by atoms with Gasteiger partial charge >= 0.3 is 6.18 Å². The summed E-state index contributed by atoms with van der Waals surface area (Å²) in [5, 5.41) is 0. The Morgan fingerprint density at radius 2 is 1.52 bits per heavy atom. The summed E-state index contributed by atoms with van der Waals surface area (Å²) in [5.41, 5.74) is 3.71. The summed E-state index contributed by atoms with van der Waals surface area (Å²) in [6.07, 6.45) is -3.86. The number of ether oxygens (including phenoxy) is 1. The molecular weight excluding hydrogens is 561 g/mol. The van der Waals surface area contributed by atoms with Gasteiger partial charge in [0.2, 0.25) is 5.91 Å². The molecule has 44 heavy (non-hydrogen) atoms. The van der Waals surface area contributed by atoms with Crippen molar-refractivity contribution in [2.24, 2.45) is 11.8 Å². The number of carbonyl (C=O) groups is 1. The van der Waals surface area contributed by atoms with Gasteiger partial charge in [-0.2, -0.15) is 13.2 Å². The molecule has 228 valence electrons. The topological polar surface area (TPSA) is 32.8 Å². The van der Waals surface area contributed by atoms with Gasteiger partial charge in [-0.3, -0.25) is 9.69 Å². The summed E-state index contributed by atoms with van der Waals surface area (Å²) in [4.78, 5) is 17.5. The van der Waals surface area contributed by atoms with Crippen molar-refractivity contribution in [1.29, 1.82) is 0 Å². The van der Waals surface area contributed by atoms with Crippen molar-refractivity contribution >= 4 is 5.91 Å². The predicted molar refractivity (Wildman–Crippen MR) is 166 cm³/mol. The molecule has 3 fully saturated rings. The summed E-state index contributed by atoms with van der Waals surface area (Å²) in [5.74, 6) is -0.0622. The Balaban J connectivity index is 1.38. The lowest BCUT2D eigenvalue weighted by Crippen LogP contribution is -2.66. The first kappa shape index (κ1) is 30.1. The van der Waals surface area contributed by atoms with Crippen LogP contribution in [0.4, 0.5) is 13.2 Å². The van der Waals surface area contributed by atoms with Crippen molar-refractivity contribution in [2.45, 2.75) is 37.3 Å². The summed E-state index contributed by atoms with van der Waals surface area (Å²) >= 11 is 0.